The molecule has 16 heavy (non-hydrogen) atoms. The van der Waals surface area contributed by atoms with Crippen LogP contribution >= 0.6 is 0 Å². The molecule has 2 aromatic carbocycles. The number of rotatable bonds is 1. The van der Waals surface area contributed by atoms with Gasteiger partial charge in [0.05, 0.1) is 6.20 Å². The second-order valence-electron chi connectivity index (χ2n) is 3.94. The van der Waals surface area contributed by atoms with Crippen LogP contribution in [0.15, 0.2) is 53.2 Å². The zero-order valence-electron chi connectivity index (χ0n) is 8.97. The van der Waals surface area contributed by atoms with Crippen LogP contribution in [0, 0.1) is 6.92 Å². The molecule has 1 aromatic heterocycles. The number of aryl methyl sites for hydroxylation is 1. The molecule has 78 valence electrons. The molecule has 0 fully saturated rings. The van der Waals surface area contributed by atoms with Crippen LogP contribution in [-0.4, -0.2) is 5.16 Å². The number of hydrogen-bond acceptors (Lipinski definition) is 2. The molecule has 0 N–H and O–H groups in total. The first-order valence-electron chi connectivity index (χ1n) is 5.24. The fraction of sp³-hybridized carbons (Fsp3) is 0.0714. The third kappa shape index (κ3) is 1.48. The summed E-state index contributed by atoms with van der Waals surface area (Å²) in [6.07, 6.45) is 1.66. The maximum Gasteiger partial charge on any atom is 0.166 e. The van der Waals surface area contributed by atoms with E-state index in [1.165, 1.54) is 16.3 Å². The summed E-state index contributed by atoms with van der Waals surface area (Å²) in [6, 6.07) is 14.6. The molecule has 0 bridgehead atoms. The van der Waals surface area contributed by atoms with Crippen LogP contribution in [0.4, 0.5) is 0 Å². The Morgan fingerprint density at radius 3 is 2.56 bits per heavy atom. The van der Waals surface area contributed by atoms with E-state index in [9.17, 15) is 0 Å². The minimum atomic E-state index is 0.808. The van der Waals surface area contributed by atoms with Crippen molar-refractivity contribution >= 4 is 10.8 Å². The first kappa shape index (κ1) is 9.16. The molecule has 2 heteroatoms. The summed E-state index contributed by atoms with van der Waals surface area (Å²) >= 11 is 0. The molecule has 0 saturated heterocycles. The van der Waals surface area contributed by atoms with Gasteiger partial charge in [0.1, 0.15) is 0 Å². The Morgan fingerprint density at radius 2 is 1.75 bits per heavy atom. The van der Waals surface area contributed by atoms with E-state index >= 15 is 0 Å². The Labute approximate surface area is 93.5 Å². The maximum atomic E-state index is 5.14. The van der Waals surface area contributed by atoms with Crippen LogP contribution < -0.4 is 0 Å². The first-order valence-corrected chi connectivity index (χ1v) is 5.24. The molecule has 0 unspecified atom stereocenters. The first-order chi connectivity index (χ1) is 7.83. The zero-order chi connectivity index (χ0) is 11.0. The van der Waals surface area contributed by atoms with Crippen LogP contribution in [-0.2, 0) is 0 Å². The molecule has 0 amide bonds. The highest BCUT2D eigenvalue weighted by atomic mass is 16.5. The Bertz CT molecular complexity index is 626. The molecule has 0 aliphatic rings. The minimum absolute atomic E-state index is 0.808. The quantitative estimate of drug-likeness (QED) is 0.609. The van der Waals surface area contributed by atoms with Crippen molar-refractivity contribution in [1.82, 2.24) is 5.16 Å². The van der Waals surface area contributed by atoms with Gasteiger partial charge in [0.25, 0.3) is 0 Å². The molecular weight excluding hydrogens is 198 g/mol. The Hall–Kier alpha value is -2.09. The Balaban J connectivity index is 2.20. The summed E-state index contributed by atoms with van der Waals surface area (Å²) in [7, 11) is 0. The lowest BCUT2D eigenvalue weighted by Gasteiger charge is -2.01. The summed E-state index contributed by atoms with van der Waals surface area (Å²) in [4.78, 5) is 0. The van der Waals surface area contributed by atoms with Gasteiger partial charge in [-0.15, -0.1) is 0 Å². The predicted octanol–water partition coefficient (Wildman–Crippen LogP) is 3.80. The lowest BCUT2D eigenvalue weighted by atomic mass is 10.0. The lowest BCUT2D eigenvalue weighted by molar-refractivity contribution is 0.432. The van der Waals surface area contributed by atoms with Crippen molar-refractivity contribution in [1.29, 1.82) is 0 Å². The number of aromatic nitrogens is 1. The molecule has 0 spiro atoms. The van der Waals surface area contributed by atoms with Gasteiger partial charge in [-0.05, 0) is 23.8 Å². The standard InChI is InChI=1S/C14H11NO/c1-10-2-3-12-9-13(5-4-11(12)8-10)14-6-7-15-16-14/h2-9H,1H3. The minimum Gasteiger partial charge on any atom is -0.356 e. The SMILES string of the molecule is Cc1ccc2cc(-c3ccno3)ccc2c1. The van der Waals surface area contributed by atoms with Crippen molar-refractivity contribution in [2.24, 2.45) is 0 Å². The van der Waals surface area contributed by atoms with Gasteiger partial charge in [0, 0.05) is 11.6 Å². The number of benzene rings is 2. The van der Waals surface area contributed by atoms with Crippen molar-refractivity contribution < 1.29 is 4.52 Å². The molecule has 0 saturated carbocycles. The average molecular weight is 209 g/mol. The van der Waals surface area contributed by atoms with Gasteiger partial charge in [0.15, 0.2) is 5.76 Å². The molecule has 2 nitrogen and oxygen atoms in total. The highest BCUT2D eigenvalue weighted by Gasteiger charge is 2.02. The van der Waals surface area contributed by atoms with Gasteiger partial charge in [-0.1, -0.05) is 41.1 Å². The summed E-state index contributed by atoms with van der Waals surface area (Å²) in [6.45, 7) is 2.10. The molecular formula is C14H11NO. The van der Waals surface area contributed by atoms with Gasteiger partial charge >= 0.3 is 0 Å². The highest BCUT2D eigenvalue weighted by Crippen LogP contribution is 2.24. The molecule has 3 rings (SSSR count). The van der Waals surface area contributed by atoms with Crippen molar-refractivity contribution in [2.45, 2.75) is 6.92 Å². The Kier molecular flexibility index (Phi) is 2.00. The van der Waals surface area contributed by atoms with E-state index in [2.05, 4.69) is 48.5 Å². The smallest absolute Gasteiger partial charge is 0.166 e. The second kappa shape index (κ2) is 3.49. The van der Waals surface area contributed by atoms with Crippen molar-refractivity contribution in [3.8, 4) is 11.3 Å². The molecule has 0 aliphatic carbocycles. The predicted molar refractivity (Wildman–Crippen MR) is 64.2 cm³/mol. The van der Waals surface area contributed by atoms with Gasteiger partial charge in [-0.2, -0.15) is 0 Å². The van der Waals surface area contributed by atoms with Gasteiger partial charge in [-0.25, -0.2) is 0 Å². The largest absolute Gasteiger partial charge is 0.356 e. The van der Waals surface area contributed by atoms with Gasteiger partial charge < -0.3 is 4.52 Å². The van der Waals surface area contributed by atoms with Crippen LogP contribution in [0.2, 0.25) is 0 Å². The highest BCUT2D eigenvalue weighted by molar-refractivity contribution is 5.87. The van der Waals surface area contributed by atoms with Crippen molar-refractivity contribution in [2.75, 3.05) is 0 Å². The van der Waals surface area contributed by atoms with E-state index in [1.807, 2.05) is 6.07 Å². The second-order valence-corrected chi connectivity index (χ2v) is 3.94. The van der Waals surface area contributed by atoms with E-state index in [1.54, 1.807) is 6.20 Å². The third-order valence-electron chi connectivity index (χ3n) is 2.72. The van der Waals surface area contributed by atoms with Crippen molar-refractivity contribution in [3.05, 3.63) is 54.2 Å². The zero-order valence-corrected chi connectivity index (χ0v) is 8.97. The normalized spacial score (nSPS) is 10.8. The summed E-state index contributed by atoms with van der Waals surface area (Å²) in [5.74, 6) is 0.808. The van der Waals surface area contributed by atoms with Gasteiger partial charge in [-0.3, -0.25) is 0 Å². The number of nitrogens with zero attached hydrogens (tertiary/aromatic N) is 1. The van der Waals surface area contributed by atoms with E-state index in [4.69, 9.17) is 4.52 Å². The summed E-state index contributed by atoms with van der Waals surface area (Å²) in [5, 5.41) is 6.19. The molecule has 0 atom stereocenters. The average Bonchev–Trinajstić information content (AvgIpc) is 2.82. The van der Waals surface area contributed by atoms with E-state index < -0.39 is 0 Å². The van der Waals surface area contributed by atoms with Crippen LogP contribution in [0.1, 0.15) is 5.56 Å². The van der Waals surface area contributed by atoms with E-state index in [0.717, 1.165) is 11.3 Å². The van der Waals surface area contributed by atoms with Crippen molar-refractivity contribution in [3.63, 3.8) is 0 Å². The molecule has 3 aromatic rings. The molecule has 0 radical (unpaired) electrons. The topological polar surface area (TPSA) is 26.0 Å². The van der Waals surface area contributed by atoms with Gasteiger partial charge in [0.2, 0.25) is 0 Å². The fourth-order valence-electron chi connectivity index (χ4n) is 1.88. The Morgan fingerprint density at radius 1 is 0.938 bits per heavy atom. The summed E-state index contributed by atoms with van der Waals surface area (Å²) in [5.41, 5.74) is 2.34. The fourth-order valence-corrected chi connectivity index (χ4v) is 1.88. The monoisotopic (exact) mass is 209 g/mol. The summed E-state index contributed by atoms with van der Waals surface area (Å²) < 4.78 is 5.14. The van der Waals surface area contributed by atoms with E-state index in [-0.39, 0.29) is 0 Å². The number of fused-ring (bicyclic) bond motifs is 1. The third-order valence-corrected chi connectivity index (χ3v) is 2.72. The van der Waals surface area contributed by atoms with Crippen LogP contribution in [0.3, 0.4) is 0 Å². The van der Waals surface area contributed by atoms with Crippen LogP contribution in [0.25, 0.3) is 22.1 Å². The number of hydrogen-bond donors (Lipinski definition) is 0. The van der Waals surface area contributed by atoms with E-state index in [0.29, 0.717) is 0 Å². The van der Waals surface area contributed by atoms with Crippen LogP contribution in [0.5, 0.6) is 0 Å². The lowest BCUT2D eigenvalue weighted by Crippen LogP contribution is -1.78. The molecule has 1 heterocycles. The molecule has 0 aliphatic heterocycles. The maximum absolute atomic E-state index is 5.14.